The summed E-state index contributed by atoms with van der Waals surface area (Å²) >= 11 is 0. The number of aryl methyl sites for hydroxylation is 1. The van der Waals surface area contributed by atoms with E-state index in [9.17, 15) is 27.5 Å². The van der Waals surface area contributed by atoms with Gasteiger partial charge in [0.15, 0.2) is 14.6 Å². The molecule has 1 atom stereocenters. The molecule has 1 aromatic carbocycles. The number of sulfone groups is 1. The lowest BCUT2D eigenvalue weighted by Crippen LogP contribution is -2.49. The Labute approximate surface area is 154 Å². The molecule has 1 heterocycles. The van der Waals surface area contributed by atoms with Crippen LogP contribution < -0.4 is 11.0 Å². The van der Waals surface area contributed by atoms with Crippen molar-refractivity contribution in [2.24, 2.45) is 0 Å². The smallest absolute Gasteiger partial charge is 0.264 e. The van der Waals surface area contributed by atoms with E-state index in [1.54, 1.807) is 0 Å². The van der Waals surface area contributed by atoms with Crippen LogP contribution in [-0.2, 0) is 21.2 Å². The molecule has 0 fully saturated rings. The fraction of sp³-hybridized carbons (Fsp3) is 0.294. The normalized spacial score (nSPS) is 13.8. The molecule has 0 aliphatic heterocycles. The Morgan fingerprint density at radius 1 is 1.30 bits per heavy atom. The largest absolute Gasteiger partial charge is 0.507 e. The SMILES string of the molecule is CC(CCn1ccc(-c2cc(F)ccc2O)cc1=O)(C(=O)NO)S(C)(=O)=O. The maximum absolute atomic E-state index is 13.4. The number of phenols is 1. The van der Waals surface area contributed by atoms with Crippen LogP contribution in [0.3, 0.4) is 0 Å². The number of pyridine rings is 1. The number of nitrogens with one attached hydrogen (secondary N) is 1. The molecule has 0 radical (unpaired) electrons. The van der Waals surface area contributed by atoms with E-state index in [0.717, 1.165) is 25.3 Å². The highest BCUT2D eigenvalue weighted by molar-refractivity contribution is 7.92. The highest BCUT2D eigenvalue weighted by atomic mass is 32.2. The van der Waals surface area contributed by atoms with Gasteiger partial charge in [-0.25, -0.2) is 18.3 Å². The van der Waals surface area contributed by atoms with Crippen molar-refractivity contribution in [3.8, 4) is 16.9 Å². The van der Waals surface area contributed by atoms with Gasteiger partial charge in [0.2, 0.25) is 0 Å². The fourth-order valence-corrected chi connectivity index (χ4v) is 3.36. The third-order valence-electron chi connectivity index (χ3n) is 4.50. The molecule has 2 rings (SSSR count). The zero-order chi connectivity index (χ0) is 20.4. The van der Waals surface area contributed by atoms with E-state index in [0.29, 0.717) is 0 Å². The van der Waals surface area contributed by atoms with Gasteiger partial charge in [0.1, 0.15) is 11.6 Å². The Bertz CT molecular complexity index is 1030. The van der Waals surface area contributed by atoms with E-state index in [2.05, 4.69) is 0 Å². The van der Waals surface area contributed by atoms with Crippen LogP contribution in [-0.4, -0.2) is 40.2 Å². The van der Waals surface area contributed by atoms with Crippen LogP contribution in [0, 0.1) is 5.82 Å². The summed E-state index contributed by atoms with van der Waals surface area (Å²) in [6.07, 6.45) is 1.95. The number of rotatable bonds is 6. The van der Waals surface area contributed by atoms with E-state index in [1.807, 2.05) is 0 Å². The molecule has 0 bridgehead atoms. The summed E-state index contributed by atoms with van der Waals surface area (Å²) in [4.78, 5) is 24.1. The van der Waals surface area contributed by atoms with E-state index in [-0.39, 0.29) is 29.8 Å². The summed E-state index contributed by atoms with van der Waals surface area (Å²) in [6.45, 7) is 1.03. The molecule has 1 aromatic heterocycles. The van der Waals surface area contributed by atoms with Gasteiger partial charge in [-0.3, -0.25) is 14.8 Å². The first kappa shape index (κ1) is 20.6. The van der Waals surface area contributed by atoms with E-state index in [4.69, 9.17) is 5.21 Å². The third-order valence-corrected chi connectivity index (χ3v) is 6.52. The van der Waals surface area contributed by atoms with Crippen molar-refractivity contribution in [3.63, 3.8) is 0 Å². The van der Waals surface area contributed by atoms with Crippen LogP contribution in [0.2, 0.25) is 0 Å². The number of hydrogen-bond donors (Lipinski definition) is 3. The molecule has 0 aliphatic carbocycles. The lowest BCUT2D eigenvalue weighted by molar-refractivity contribution is -0.131. The summed E-state index contributed by atoms with van der Waals surface area (Å²) in [5.41, 5.74) is 1.23. The highest BCUT2D eigenvalue weighted by Crippen LogP contribution is 2.29. The first-order chi connectivity index (χ1) is 12.5. The molecule has 0 saturated heterocycles. The molecule has 0 saturated carbocycles. The molecule has 10 heteroatoms. The topological polar surface area (TPSA) is 126 Å². The molecule has 27 heavy (non-hydrogen) atoms. The molecule has 146 valence electrons. The number of carbonyl (C=O) groups is 1. The Morgan fingerprint density at radius 3 is 2.52 bits per heavy atom. The number of hydrogen-bond acceptors (Lipinski definition) is 6. The zero-order valence-electron chi connectivity index (χ0n) is 14.6. The Balaban J connectivity index is 2.33. The van der Waals surface area contributed by atoms with Gasteiger partial charge in [0.25, 0.3) is 11.5 Å². The number of phenolic OH excluding ortho intramolecular Hbond substituents is 1. The summed E-state index contributed by atoms with van der Waals surface area (Å²) in [5.74, 6) is -1.87. The van der Waals surface area contributed by atoms with Crippen LogP contribution >= 0.6 is 0 Å². The van der Waals surface area contributed by atoms with Crippen LogP contribution in [0.5, 0.6) is 5.75 Å². The van der Waals surface area contributed by atoms with Gasteiger partial charge < -0.3 is 9.67 Å². The second-order valence-electron chi connectivity index (χ2n) is 6.30. The minimum absolute atomic E-state index is 0.120. The van der Waals surface area contributed by atoms with Gasteiger partial charge in [0.05, 0.1) is 0 Å². The Kier molecular flexibility index (Phi) is 5.71. The molecule has 8 nitrogen and oxygen atoms in total. The van der Waals surface area contributed by atoms with Crippen LogP contribution in [0.25, 0.3) is 11.1 Å². The summed E-state index contributed by atoms with van der Waals surface area (Å²) in [7, 11) is -3.88. The minimum Gasteiger partial charge on any atom is -0.507 e. The summed E-state index contributed by atoms with van der Waals surface area (Å²) in [5, 5.41) is 18.6. The summed E-state index contributed by atoms with van der Waals surface area (Å²) in [6, 6.07) is 5.96. The Morgan fingerprint density at radius 2 is 1.96 bits per heavy atom. The molecule has 2 aromatic rings. The van der Waals surface area contributed by atoms with Crippen molar-refractivity contribution in [3.05, 3.63) is 52.7 Å². The van der Waals surface area contributed by atoms with Gasteiger partial charge >= 0.3 is 0 Å². The van der Waals surface area contributed by atoms with E-state index < -0.39 is 31.9 Å². The number of hydroxylamine groups is 1. The van der Waals surface area contributed by atoms with Gasteiger partial charge in [-0.15, -0.1) is 0 Å². The lowest BCUT2D eigenvalue weighted by atomic mass is 10.0. The number of amides is 1. The van der Waals surface area contributed by atoms with E-state index in [1.165, 1.54) is 34.4 Å². The predicted molar refractivity (Wildman–Crippen MR) is 95.6 cm³/mol. The zero-order valence-corrected chi connectivity index (χ0v) is 15.5. The molecule has 0 spiro atoms. The maximum atomic E-state index is 13.4. The molecular formula is C17H19FN2O6S. The quantitative estimate of drug-likeness (QED) is 0.493. The van der Waals surface area contributed by atoms with E-state index >= 15 is 0 Å². The summed E-state index contributed by atoms with van der Waals surface area (Å²) < 4.78 is 36.5. The van der Waals surface area contributed by atoms with Gasteiger partial charge in [0, 0.05) is 30.6 Å². The fourth-order valence-electron chi connectivity index (χ4n) is 2.52. The molecule has 3 N–H and O–H groups in total. The van der Waals surface area contributed by atoms with Gasteiger partial charge in [-0.1, -0.05) is 0 Å². The average molecular weight is 398 g/mol. The van der Waals surface area contributed by atoms with Crippen LogP contribution in [0.4, 0.5) is 4.39 Å². The molecular weight excluding hydrogens is 379 g/mol. The number of carbonyl (C=O) groups excluding carboxylic acids is 1. The second kappa shape index (κ2) is 7.49. The number of aromatic hydroxyl groups is 1. The van der Waals surface area contributed by atoms with Gasteiger partial charge in [-0.05, 0) is 43.2 Å². The Hall–Kier alpha value is -2.72. The number of benzene rings is 1. The predicted octanol–water partition coefficient (Wildman–Crippen LogP) is 1.06. The maximum Gasteiger partial charge on any atom is 0.264 e. The molecule has 1 amide bonds. The lowest BCUT2D eigenvalue weighted by Gasteiger charge is -2.25. The van der Waals surface area contributed by atoms with Crippen molar-refractivity contribution in [2.45, 2.75) is 24.6 Å². The molecule has 1 unspecified atom stereocenters. The van der Waals surface area contributed by atoms with Gasteiger partial charge in [-0.2, -0.15) is 0 Å². The monoisotopic (exact) mass is 398 g/mol. The number of nitrogens with zero attached hydrogens (tertiary/aromatic N) is 1. The first-order valence-electron chi connectivity index (χ1n) is 7.83. The van der Waals surface area contributed by atoms with Crippen LogP contribution in [0.1, 0.15) is 13.3 Å². The third kappa shape index (κ3) is 4.17. The highest BCUT2D eigenvalue weighted by Gasteiger charge is 2.43. The molecule has 0 aliphatic rings. The van der Waals surface area contributed by atoms with Crippen molar-refractivity contribution < 1.29 is 27.9 Å². The van der Waals surface area contributed by atoms with Crippen molar-refractivity contribution >= 4 is 15.7 Å². The van der Waals surface area contributed by atoms with Crippen molar-refractivity contribution in [1.82, 2.24) is 10.0 Å². The van der Waals surface area contributed by atoms with Crippen LogP contribution in [0.15, 0.2) is 41.3 Å². The second-order valence-corrected chi connectivity index (χ2v) is 8.75. The average Bonchev–Trinajstić information content (AvgIpc) is 2.60. The number of aromatic nitrogens is 1. The minimum atomic E-state index is -3.88. The van der Waals surface area contributed by atoms with Crippen molar-refractivity contribution in [1.29, 1.82) is 0 Å². The number of halogens is 1. The first-order valence-corrected chi connectivity index (χ1v) is 9.72. The van der Waals surface area contributed by atoms with Crippen molar-refractivity contribution in [2.75, 3.05) is 6.26 Å². The standard InChI is InChI=1S/C17H19FN2O6S/c1-17(16(23)19-24,27(2,25)26)6-8-20-7-5-11(9-15(20)22)13-10-12(18)3-4-14(13)21/h3-5,7,9-10,21,24H,6,8H2,1-2H3,(H,19,23).